The predicted molar refractivity (Wildman–Crippen MR) is 52.8 cm³/mol. The van der Waals surface area contributed by atoms with E-state index in [0.717, 1.165) is 12.8 Å². The number of hydroxylamine groups is 1. The second-order valence-electron chi connectivity index (χ2n) is 3.58. The second-order valence-corrected chi connectivity index (χ2v) is 3.58. The Labute approximate surface area is 87.8 Å². The van der Waals surface area contributed by atoms with E-state index in [4.69, 9.17) is 4.84 Å². The van der Waals surface area contributed by atoms with Gasteiger partial charge in [0.2, 0.25) is 0 Å². The maximum atomic E-state index is 11.5. The molecule has 0 aromatic carbocycles. The Morgan fingerprint density at radius 2 is 2.00 bits per heavy atom. The van der Waals surface area contributed by atoms with Crippen LogP contribution in [-0.2, 0) is 4.84 Å². The molecule has 1 aromatic heterocycles. The summed E-state index contributed by atoms with van der Waals surface area (Å²) in [5.41, 5.74) is 2.83. The molecule has 0 unspecified atom stereocenters. The summed E-state index contributed by atoms with van der Waals surface area (Å²) in [6, 6.07) is 0. The minimum absolute atomic E-state index is 0.165. The molecule has 15 heavy (non-hydrogen) atoms. The van der Waals surface area contributed by atoms with Crippen LogP contribution in [0, 0.1) is 0 Å². The van der Waals surface area contributed by atoms with Gasteiger partial charge in [-0.3, -0.25) is 9.63 Å². The minimum Gasteiger partial charge on any atom is -0.270 e. The molecule has 1 heterocycles. The molecule has 0 bridgehead atoms. The maximum absolute atomic E-state index is 11.5. The number of nitrogens with one attached hydrogen (secondary N) is 1. The van der Waals surface area contributed by atoms with Gasteiger partial charge in [0, 0.05) is 12.4 Å². The van der Waals surface area contributed by atoms with Crippen molar-refractivity contribution in [3.8, 4) is 0 Å². The van der Waals surface area contributed by atoms with Crippen LogP contribution in [0.5, 0.6) is 0 Å². The molecule has 1 aromatic rings. The fourth-order valence-electron chi connectivity index (χ4n) is 1.62. The molecule has 5 heteroatoms. The Kier molecular flexibility index (Phi) is 3.24. The van der Waals surface area contributed by atoms with E-state index in [9.17, 15) is 4.79 Å². The fourth-order valence-corrected chi connectivity index (χ4v) is 1.62. The number of carbonyl (C=O) groups excluding carboxylic acids is 1. The zero-order valence-corrected chi connectivity index (χ0v) is 8.35. The van der Waals surface area contributed by atoms with Crippen molar-refractivity contribution >= 4 is 5.91 Å². The minimum atomic E-state index is -0.289. The summed E-state index contributed by atoms with van der Waals surface area (Å²) in [5, 5.41) is 0. The van der Waals surface area contributed by atoms with Gasteiger partial charge in [-0.2, -0.15) is 0 Å². The molecule has 1 saturated carbocycles. The lowest BCUT2D eigenvalue weighted by atomic mass is 10.3. The van der Waals surface area contributed by atoms with E-state index >= 15 is 0 Å². The van der Waals surface area contributed by atoms with Crippen LogP contribution in [0.25, 0.3) is 0 Å². The predicted octanol–water partition coefficient (Wildman–Crippen LogP) is 1.08. The van der Waals surface area contributed by atoms with Crippen molar-refractivity contribution < 1.29 is 9.63 Å². The highest BCUT2D eigenvalue weighted by atomic mass is 16.7. The van der Waals surface area contributed by atoms with E-state index in [2.05, 4.69) is 15.4 Å². The highest BCUT2D eigenvalue weighted by molar-refractivity contribution is 5.92. The third-order valence-corrected chi connectivity index (χ3v) is 2.44. The molecule has 1 amide bonds. The lowest BCUT2D eigenvalue weighted by Gasteiger charge is -2.10. The number of hydrogen-bond donors (Lipinski definition) is 1. The van der Waals surface area contributed by atoms with Crippen LogP contribution in [0.1, 0.15) is 36.0 Å². The van der Waals surface area contributed by atoms with Crippen LogP contribution in [0.4, 0.5) is 0 Å². The molecule has 1 N–H and O–H groups in total. The molecule has 0 spiro atoms. The Bertz CT molecular complexity index is 323. The summed E-state index contributed by atoms with van der Waals surface area (Å²) < 4.78 is 0. The molecule has 5 nitrogen and oxygen atoms in total. The molecule has 0 aliphatic heterocycles. The Morgan fingerprint density at radius 1 is 1.33 bits per heavy atom. The molecule has 0 atom stereocenters. The highest BCUT2D eigenvalue weighted by Crippen LogP contribution is 2.19. The summed E-state index contributed by atoms with van der Waals surface area (Å²) in [6.07, 6.45) is 8.86. The number of carbonyl (C=O) groups is 1. The molecule has 1 aliphatic carbocycles. The molecule has 1 aliphatic rings. The average molecular weight is 207 g/mol. The molecule has 0 radical (unpaired) electrons. The van der Waals surface area contributed by atoms with Gasteiger partial charge in [0.05, 0.1) is 11.7 Å². The van der Waals surface area contributed by atoms with E-state index in [-0.39, 0.29) is 12.0 Å². The quantitative estimate of drug-likeness (QED) is 0.753. The van der Waals surface area contributed by atoms with E-state index in [1.54, 1.807) is 0 Å². The summed E-state index contributed by atoms with van der Waals surface area (Å²) in [6.45, 7) is 0. The maximum Gasteiger partial charge on any atom is 0.277 e. The van der Waals surface area contributed by atoms with Gasteiger partial charge in [-0.1, -0.05) is 12.8 Å². The molecule has 80 valence electrons. The molecular weight excluding hydrogens is 194 g/mol. The van der Waals surface area contributed by atoms with Crippen LogP contribution in [0.3, 0.4) is 0 Å². The first-order valence-corrected chi connectivity index (χ1v) is 5.07. The average Bonchev–Trinajstić information content (AvgIpc) is 2.80. The van der Waals surface area contributed by atoms with Crippen molar-refractivity contribution in [2.75, 3.05) is 0 Å². The third-order valence-electron chi connectivity index (χ3n) is 2.44. The standard InChI is InChI=1S/C10H13N3O2/c14-10(8-5-11-7-12-6-8)13-15-9-3-1-2-4-9/h5-7,9H,1-4H2,(H,13,14). The second kappa shape index (κ2) is 4.84. The van der Waals surface area contributed by atoms with Crippen LogP contribution in [-0.4, -0.2) is 22.0 Å². The van der Waals surface area contributed by atoms with E-state index in [0.29, 0.717) is 5.56 Å². The first-order chi connectivity index (χ1) is 7.36. The van der Waals surface area contributed by atoms with Gasteiger partial charge in [-0.25, -0.2) is 15.4 Å². The van der Waals surface area contributed by atoms with Crippen LogP contribution in [0.2, 0.25) is 0 Å². The van der Waals surface area contributed by atoms with E-state index in [1.165, 1.54) is 31.6 Å². The number of nitrogens with zero attached hydrogens (tertiary/aromatic N) is 2. The van der Waals surface area contributed by atoms with Crippen molar-refractivity contribution in [1.29, 1.82) is 0 Å². The van der Waals surface area contributed by atoms with E-state index in [1.807, 2.05) is 0 Å². The largest absolute Gasteiger partial charge is 0.277 e. The smallest absolute Gasteiger partial charge is 0.270 e. The molecule has 2 rings (SSSR count). The van der Waals surface area contributed by atoms with Gasteiger partial charge in [-0.05, 0) is 12.8 Å². The lowest BCUT2D eigenvalue weighted by molar-refractivity contribution is -0.0125. The monoisotopic (exact) mass is 207 g/mol. The lowest BCUT2D eigenvalue weighted by Crippen LogP contribution is -2.28. The van der Waals surface area contributed by atoms with Crippen LogP contribution >= 0.6 is 0 Å². The molecular formula is C10H13N3O2. The van der Waals surface area contributed by atoms with Crippen molar-refractivity contribution in [2.24, 2.45) is 0 Å². The number of rotatable bonds is 3. The Balaban J connectivity index is 1.82. The van der Waals surface area contributed by atoms with Gasteiger partial charge in [0.1, 0.15) is 6.33 Å². The van der Waals surface area contributed by atoms with Crippen molar-refractivity contribution in [3.63, 3.8) is 0 Å². The Hall–Kier alpha value is -1.49. The van der Waals surface area contributed by atoms with Crippen LogP contribution in [0.15, 0.2) is 18.7 Å². The SMILES string of the molecule is O=C(NOC1CCCC1)c1cncnc1. The molecule has 0 saturated heterocycles. The van der Waals surface area contributed by atoms with Gasteiger partial charge < -0.3 is 0 Å². The van der Waals surface area contributed by atoms with Gasteiger partial charge in [0.15, 0.2) is 0 Å². The van der Waals surface area contributed by atoms with E-state index < -0.39 is 0 Å². The summed E-state index contributed by atoms with van der Waals surface area (Å²) in [7, 11) is 0. The number of hydrogen-bond acceptors (Lipinski definition) is 4. The third kappa shape index (κ3) is 2.73. The highest BCUT2D eigenvalue weighted by Gasteiger charge is 2.17. The zero-order valence-electron chi connectivity index (χ0n) is 8.35. The normalized spacial score (nSPS) is 16.5. The van der Waals surface area contributed by atoms with Crippen molar-refractivity contribution in [2.45, 2.75) is 31.8 Å². The number of amides is 1. The summed E-state index contributed by atoms with van der Waals surface area (Å²) in [4.78, 5) is 24.3. The van der Waals surface area contributed by atoms with Crippen LogP contribution < -0.4 is 5.48 Å². The first kappa shape index (κ1) is 10.0. The van der Waals surface area contributed by atoms with Crippen molar-refractivity contribution in [3.05, 3.63) is 24.3 Å². The first-order valence-electron chi connectivity index (χ1n) is 5.07. The summed E-state index contributed by atoms with van der Waals surface area (Å²) in [5.74, 6) is -0.289. The number of aromatic nitrogens is 2. The van der Waals surface area contributed by atoms with Gasteiger partial charge in [-0.15, -0.1) is 0 Å². The topological polar surface area (TPSA) is 64.1 Å². The zero-order chi connectivity index (χ0) is 10.5. The van der Waals surface area contributed by atoms with Gasteiger partial charge in [0.25, 0.3) is 5.91 Å². The summed E-state index contributed by atoms with van der Waals surface area (Å²) >= 11 is 0. The Morgan fingerprint density at radius 3 is 2.67 bits per heavy atom. The van der Waals surface area contributed by atoms with Gasteiger partial charge >= 0.3 is 0 Å². The molecule has 1 fully saturated rings. The van der Waals surface area contributed by atoms with Crippen molar-refractivity contribution in [1.82, 2.24) is 15.4 Å². The fraction of sp³-hybridized carbons (Fsp3) is 0.500.